The highest BCUT2D eigenvalue weighted by Gasteiger charge is 2.41. The van der Waals surface area contributed by atoms with Crippen LogP contribution in [0.2, 0.25) is 0 Å². The van der Waals surface area contributed by atoms with Gasteiger partial charge in [-0.2, -0.15) is 18.3 Å². The van der Waals surface area contributed by atoms with E-state index in [1.54, 1.807) is 35.2 Å². The van der Waals surface area contributed by atoms with Gasteiger partial charge in [-0.15, -0.1) is 0 Å². The molecule has 5 rings (SSSR count). The van der Waals surface area contributed by atoms with Gasteiger partial charge in [0.15, 0.2) is 5.69 Å². The van der Waals surface area contributed by atoms with Crippen molar-refractivity contribution in [3.8, 4) is 0 Å². The monoisotopic (exact) mass is 548 g/mol. The minimum absolute atomic E-state index is 0.0177. The third kappa shape index (κ3) is 5.70. The van der Waals surface area contributed by atoms with Crippen molar-refractivity contribution < 1.29 is 27.9 Å². The van der Waals surface area contributed by atoms with Crippen LogP contribution in [-0.4, -0.2) is 57.3 Å². The average molecular weight is 549 g/mol. The summed E-state index contributed by atoms with van der Waals surface area (Å²) < 4.78 is 42.1. The number of amides is 1. The zero-order valence-corrected chi connectivity index (χ0v) is 21.4. The summed E-state index contributed by atoms with van der Waals surface area (Å²) in [6.45, 7) is 0.0514. The molecule has 1 aliphatic heterocycles. The van der Waals surface area contributed by atoms with E-state index in [4.69, 9.17) is 0 Å². The molecule has 4 aromatic rings. The number of rotatable bonds is 7. The Morgan fingerprint density at radius 1 is 0.875 bits per heavy atom. The lowest BCUT2D eigenvalue weighted by Crippen LogP contribution is -2.59. The molecular formula is C30H27F3N4O3. The minimum atomic E-state index is -4.67. The van der Waals surface area contributed by atoms with E-state index in [1.807, 2.05) is 60.7 Å². The molecule has 1 aromatic heterocycles. The van der Waals surface area contributed by atoms with E-state index in [0.717, 1.165) is 22.8 Å². The number of halogens is 3. The highest BCUT2D eigenvalue weighted by atomic mass is 19.4. The van der Waals surface area contributed by atoms with Gasteiger partial charge < -0.3 is 14.9 Å². The average Bonchev–Trinajstić information content (AvgIpc) is 3.39. The van der Waals surface area contributed by atoms with Crippen LogP contribution in [0.3, 0.4) is 0 Å². The Hall–Kier alpha value is -4.60. The number of aromatic nitrogens is 2. The second-order valence-corrected chi connectivity index (χ2v) is 9.61. The van der Waals surface area contributed by atoms with Gasteiger partial charge in [-0.05, 0) is 16.7 Å². The molecule has 1 atom stereocenters. The number of nitrogens with zero attached hydrogens (tertiary/aromatic N) is 4. The maximum atomic E-state index is 14.0. The van der Waals surface area contributed by atoms with Crippen LogP contribution in [-0.2, 0) is 22.3 Å². The lowest BCUT2D eigenvalue weighted by molar-refractivity contribution is -0.151. The predicted molar refractivity (Wildman–Crippen MR) is 143 cm³/mol. The maximum absolute atomic E-state index is 14.0. The van der Waals surface area contributed by atoms with Crippen LogP contribution in [0.25, 0.3) is 0 Å². The number of carbonyl (C=O) groups is 2. The summed E-state index contributed by atoms with van der Waals surface area (Å²) in [4.78, 5) is 29.3. The highest BCUT2D eigenvalue weighted by molar-refractivity contribution is 5.91. The van der Waals surface area contributed by atoms with E-state index in [-0.39, 0.29) is 37.9 Å². The van der Waals surface area contributed by atoms with Gasteiger partial charge in [0.05, 0.1) is 19.0 Å². The zero-order valence-electron chi connectivity index (χ0n) is 21.4. The van der Waals surface area contributed by atoms with Crippen molar-refractivity contribution >= 4 is 17.7 Å². The van der Waals surface area contributed by atoms with Crippen LogP contribution < -0.4 is 4.90 Å². The fourth-order valence-electron chi connectivity index (χ4n) is 5.07. The molecule has 1 aliphatic rings. The van der Waals surface area contributed by atoms with Crippen molar-refractivity contribution in [2.75, 3.05) is 24.5 Å². The number of carboxylic acid groups (broad SMARTS) is 1. The number of hydrogen-bond donors (Lipinski definition) is 1. The van der Waals surface area contributed by atoms with Crippen molar-refractivity contribution in [3.63, 3.8) is 0 Å². The highest BCUT2D eigenvalue weighted by Crippen LogP contribution is 2.33. The molecule has 0 saturated carbocycles. The number of aliphatic carboxylic acids is 1. The molecule has 1 saturated heterocycles. The van der Waals surface area contributed by atoms with Crippen molar-refractivity contribution in [1.82, 2.24) is 14.7 Å². The van der Waals surface area contributed by atoms with Crippen LogP contribution in [0.15, 0.2) is 97.1 Å². The molecule has 3 aromatic carbocycles. The third-order valence-electron chi connectivity index (χ3n) is 7.01. The summed E-state index contributed by atoms with van der Waals surface area (Å²) in [5.41, 5.74) is 1.14. The third-order valence-corrected chi connectivity index (χ3v) is 7.01. The Morgan fingerprint density at radius 2 is 1.43 bits per heavy atom. The van der Waals surface area contributed by atoms with Gasteiger partial charge in [-0.25, -0.2) is 9.48 Å². The second-order valence-electron chi connectivity index (χ2n) is 9.61. The van der Waals surface area contributed by atoms with Crippen molar-refractivity contribution in [2.24, 2.45) is 0 Å². The van der Waals surface area contributed by atoms with E-state index in [9.17, 15) is 27.9 Å². The molecule has 40 heavy (non-hydrogen) atoms. The number of benzene rings is 3. The van der Waals surface area contributed by atoms with Crippen LogP contribution in [0.5, 0.6) is 0 Å². The van der Waals surface area contributed by atoms with Gasteiger partial charge in [0.2, 0.25) is 5.91 Å². The van der Waals surface area contributed by atoms with Crippen molar-refractivity contribution in [1.29, 1.82) is 0 Å². The molecule has 1 amide bonds. The van der Waals surface area contributed by atoms with E-state index < -0.39 is 29.8 Å². The zero-order chi connectivity index (χ0) is 28.3. The smallest absolute Gasteiger partial charge is 0.435 e. The standard InChI is InChI=1S/C30H27F3N4O3/c31-30(32,33)25-18-26(37(34-25)19-21-10-4-1-5-11-21)35-16-17-36(24(20-35)29(39)40)28(38)27(22-12-6-2-7-13-22)23-14-8-3-9-15-23/h1-15,18,24,27H,16-17,19-20H2,(H,39,40). The largest absolute Gasteiger partial charge is 0.480 e. The summed E-state index contributed by atoms with van der Waals surface area (Å²) in [5.74, 6) is -2.19. The summed E-state index contributed by atoms with van der Waals surface area (Å²) in [6, 6.07) is 26.8. The number of carbonyl (C=O) groups excluding carboxylic acids is 1. The fourth-order valence-corrected chi connectivity index (χ4v) is 5.07. The Balaban J connectivity index is 1.46. The van der Waals surface area contributed by atoms with Crippen LogP contribution in [0, 0.1) is 0 Å². The topological polar surface area (TPSA) is 78.7 Å². The van der Waals surface area contributed by atoms with Gasteiger partial charge in [0.25, 0.3) is 0 Å². The molecule has 0 bridgehead atoms. The van der Waals surface area contributed by atoms with Gasteiger partial charge in [-0.1, -0.05) is 91.0 Å². The van der Waals surface area contributed by atoms with Gasteiger partial charge in [-0.3, -0.25) is 4.79 Å². The Bertz CT molecular complexity index is 1420. The Labute approximate surface area is 229 Å². The summed E-state index contributed by atoms with van der Waals surface area (Å²) in [6.07, 6.45) is -4.67. The fraction of sp³-hybridized carbons (Fsp3) is 0.233. The number of carboxylic acids is 1. The normalized spacial score (nSPS) is 15.8. The molecular weight excluding hydrogens is 521 g/mol. The second kappa shape index (κ2) is 11.3. The molecule has 0 aliphatic carbocycles. The maximum Gasteiger partial charge on any atom is 0.435 e. The summed E-state index contributed by atoms with van der Waals surface area (Å²) in [5, 5.41) is 14.0. The molecule has 0 spiro atoms. The summed E-state index contributed by atoms with van der Waals surface area (Å²) in [7, 11) is 0. The molecule has 1 fully saturated rings. The van der Waals surface area contributed by atoms with Crippen LogP contribution >= 0.6 is 0 Å². The van der Waals surface area contributed by atoms with Crippen molar-refractivity contribution in [2.45, 2.75) is 24.7 Å². The quantitative estimate of drug-likeness (QED) is 0.356. The first-order valence-electron chi connectivity index (χ1n) is 12.8. The molecule has 7 nitrogen and oxygen atoms in total. The van der Waals surface area contributed by atoms with Crippen molar-refractivity contribution in [3.05, 3.63) is 119 Å². The van der Waals surface area contributed by atoms with E-state index >= 15 is 0 Å². The first kappa shape index (κ1) is 27.0. The molecule has 0 radical (unpaired) electrons. The van der Waals surface area contributed by atoms with E-state index in [1.165, 1.54) is 9.58 Å². The first-order valence-corrected chi connectivity index (χ1v) is 12.8. The number of piperazine rings is 1. The van der Waals surface area contributed by atoms with E-state index in [2.05, 4.69) is 5.10 Å². The lowest BCUT2D eigenvalue weighted by atomic mass is 9.89. The number of anilines is 1. The first-order chi connectivity index (χ1) is 19.2. The predicted octanol–water partition coefficient (Wildman–Crippen LogP) is 4.88. The van der Waals surface area contributed by atoms with E-state index in [0.29, 0.717) is 0 Å². The SMILES string of the molecule is O=C(O)C1CN(c2cc(C(F)(F)F)nn2Cc2ccccc2)CCN1C(=O)C(c1ccccc1)c1ccccc1. The number of hydrogen-bond acceptors (Lipinski definition) is 4. The minimum Gasteiger partial charge on any atom is -0.480 e. The molecule has 10 heteroatoms. The van der Waals surface area contributed by atoms with Crippen LogP contribution in [0.4, 0.5) is 19.0 Å². The molecule has 1 N–H and O–H groups in total. The molecule has 1 unspecified atom stereocenters. The molecule has 2 heterocycles. The van der Waals surface area contributed by atoms with Gasteiger partial charge >= 0.3 is 12.1 Å². The molecule has 206 valence electrons. The van der Waals surface area contributed by atoms with Gasteiger partial charge in [0, 0.05) is 19.2 Å². The summed E-state index contributed by atoms with van der Waals surface area (Å²) >= 11 is 0. The Kier molecular flexibility index (Phi) is 7.59. The number of alkyl halides is 3. The van der Waals surface area contributed by atoms with Crippen LogP contribution in [0.1, 0.15) is 28.3 Å². The van der Waals surface area contributed by atoms with Gasteiger partial charge in [0.1, 0.15) is 11.9 Å². The lowest BCUT2D eigenvalue weighted by Gasteiger charge is -2.41. The Morgan fingerprint density at radius 3 is 1.95 bits per heavy atom.